The van der Waals surface area contributed by atoms with Crippen molar-refractivity contribution in [3.63, 3.8) is 0 Å². The Morgan fingerprint density at radius 3 is 2.86 bits per heavy atom. The number of imidazole rings is 1. The van der Waals surface area contributed by atoms with Gasteiger partial charge in [-0.05, 0) is 24.3 Å². The van der Waals surface area contributed by atoms with Gasteiger partial charge < -0.3 is 14.3 Å². The van der Waals surface area contributed by atoms with Gasteiger partial charge in [-0.15, -0.1) is 0 Å². The van der Waals surface area contributed by atoms with Crippen molar-refractivity contribution in [2.75, 3.05) is 5.32 Å². The van der Waals surface area contributed by atoms with Crippen molar-refractivity contribution in [3.8, 4) is 0 Å². The van der Waals surface area contributed by atoms with E-state index in [2.05, 4.69) is 10.3 Å². The highest BCUT2D eigenvalue weighted by molar-refractivity contribution is 6.06. The Kier molecular flexibility index (Phi) is 2.89. The van der Waals surface area contributed by atoms with Crippen LogP contribution in [0.3, 0.4) is 0 Å². The molecule has 0 spiro atoms. The Labute approximate surface area is 126 Å². The number of benzene rings is 2. The first-order chi connectivity index (χ1) is 10.8. The standard InChI is InChI=1S/C17H13N3O2/c21-17(10-20-8-7-18-11-20)19-12-5-6-16-14(9-12)13-3-1-2-4-15(13)22-16/h1-9,11H,10H2,(H,19,21). The summed E-state index contributed by atoms with van der Waals surface area (Å²) in [6, 6.07) is 13.5. The van der Waals surface area contributed by atoms with Crippen molar-refractivity contribution in [2.45, 2.75) is 6.54 Å². The normalized spacial score (nSPS) is 11.1. The van der Waals surface area contributed by atoms with Gasteiger partial charge in [-0.3, -0.25) is 4.79 Å². The summed E-state index contributed by atoms with van der Waals surface area (Å²) < 4.78 is 7.50. The lowest BCUT2D eigenvalue weighted by atomic mass is 10.1. The van der Waals surface area contributed by atoms with Crippen molar-refractivity contribution < 1.29 is 9.21 Å². The molecular formula is C17H13N3O2. The van der Waals surface area contributed by atoms with Crippen LogP contribution in [0.15, 0.2) is 65.6 Å². The molecule has 4 rings (SSSR count). The van der Waals surface area contributed by atoms with E-state index in [4.69, 9.17) is 4.42 Å². The molecule has 5 heteroatoms. The number of amides is 1. The van der Waals surface area contributed by atoms with Crippen molar-refractivity contribution >= 4 is 33.5 Å². The lowest BCUT2D eigenvalue weighted by Gasteiger charge is -2.05. The number of carbonyl (C=O) groups excluding carboxylic acids is 1. The molecule has 0 unspecified atom stereocenters. The Morgan fingerprint density at radius 1 is 1.14 bits per heavy atom. The van der Waals surface area contributed by atoms with Crippen molar-refractivity contribution in [2.24, 2.45) is 0 Å². The first-order valence-corrected chi connectivity index (χ1v) is 6.96. The van der Waals surface area contributed by atoms with Crippen LogP contribution in [0.2, 0.25) is 0 Å². The largest absolute Gasteiger partial charge is 0.456 e. The number of hydrogen-bond acceptors (Lipinski definition) is 3. The molecule has 108 valence electrons. The summed E-state index contributed by atoms with van der Waals surface area (Å²) in [5.41, 5.74) is 2.41. The molecule has 2 aromatic carbocycles. The molecule has 0 radical (unpaired) electrons. The molecule has 2 aromatic heterocycles. The highest BCUT2D eigenvalue weighted by Crippen LogP contribution is 2.30. The van der Waals surface area contributed by atoms with Gasteiger partial charge in [0.2, 0.25) is 5.91 Å². The maximum absolute atomic E-state index is 12.0. The number of anilines is 1. The molecule has 4 aromatic rings. The van der Waals surface area contributed by atoms with Gasteiger partial charge in [-0.2, -0.15) is 0 Å². The van der Waals surface area contributed by atoms with Gasteiger partial charge in [0.1, 0.15) is 17.7 Å². The fraction of sp³-hybridized carbons (Fsp3) is 0.0588. The van der Waals surface area contributed by atoms with Gasteiger partial charge in [0, 0.05) is 28.9 Å². The number of furan rings is 1. The van der Waals surface area contributed by atoms with Gasteiger partial charge in [0.25, 0.3) is 0 Å². The average molecular weight is 291 g/mol. The molecule has 22 heavy (non-hydrogen) atoms. The van der Waals surface area contributed by atoms with Gasteiger partial charge in [0.15, 0.2) is 0 Å². The maximum atomic E-state index is 12.0. The number of fused-ring (bicyclic) bond motifs is 3. The zero-order valence-electron chi connectivity index (χ0n) is 11.7. The van der Waals surface area contributed by atoms with Crippen LogP contribution >= 0.6 is 0 Å². The molecule has 5 nitrogen and oxygen atoms in total. The topological polar surface area (TPSA) is 60.1 Å². The van der Waals surface area contributed by atoms with Gasteiger partial charge in [-0.25, -0.2) is 4.98 Å². The van der Waals surface area contributed by atoms with E-state index in [9.17, 15) is 4.79 Å². The third-order valence-corrected chi connectivity index (χ3v) is 3.55. The van der Waals surface area contributed by atoms with Crippen LogP contribution in [-0.2, 0) is 11.3 Å². The second-order valence-electron chi connectivity index (χ2n) is 5.09. The van der Waals surface area contributed by atoms with Crippen molar-refractivity contribution in [3.05, 3.63) is 61.2 Å². The van der Waals surface area contributed by atoms with Crippen molar-refractivity contribution in [1.29, 1.82) is 0 Å². The summed E-state index contributed by atoms with van der Waals surface area (Å²) in [5.74, 6) is -0.0925. The highest BCUT2D eigenvalue weighted by Gasteiger charge is 2.08. The lowest BCUT2D eigenvalue weighted by Crippen LogP contribution is -2.17. The average Bonchev–Trinajstić information content (AvgIpc) is 3.14. The molecule has 1 N–H and O–H groups in total. The molecule has 0 aliphatic heterocycles. The SMILES string of the molecule is O=C(Cn1ccnc1)Nc1ccc2oc3ccccc3c2c1. The van der Waals surface area contributed by atoms with E-state index < -0.39 is 0 Å². The molecule has 0 aliphatic carbocycles. The number of rotatable bonds is 3. The molecule has 0 bridgehead atoms. The van der Waals surface area contributed by atoms with Crippen LogP contribution in [0.4, 0.5) is 5.69 Å². The van der Waals surface area contributed by atoms with Gasteiger partial charge >= 0.3 is 0 Å². The van der Waals surface area contributed by atoms with Crippen LogP contribution in [0.5, 0.6) is 0 Å². The second-order valence-corrected chi connectivity index (χ2v) is 5.09. The molecule has 2 heterocycles. The van der Waals surface area contributed by atoms with E-state index in [0.717, 1.165) is 27.6 Å². The molecule has 0 atom stereocenters. The molecule has 0 saturated heterocycles. The zero-order valence-corrected chi connectivity index (χ0v) is 11.7. The first-order valence-electron chi connectivity index (χ1n) is 6.96. The van der Waals surface area contributed by atoms with Crippen LogP contribution in [0.1, 0.15) is 0 Å². The number of carbonyl (C=O) groups is 1. The third kappa shape index (κ3) is 2.22. The summed E-state index contributed by atoms with van der Waals surface area (Å²) >= 11 is 0. The zero-order chi connectivity index (χ0) is 14.9. The Morgan fingerprint density at radius 2 is 2.00 bits per heavy atom. The summed E-state index contributed by atoms with van der Waals surface area (Å²) in [6.07, 6.45) is 5.02. The van der Waals surface area contributed by atoms with Gasteiger partial charge in [-0.1, -0.05) is 18.2 Å². The Hall–Kier alpha value is -3.08. The quantitative estimate of drug-likeness (QED) is 0.629. The number of hydrogen-bond donors (Lipinski definition) is 1. The summed E-state index contributed by atoms with van der Waals surface area (Å²) in [6.45, 7) is 0.240. The minimum Gasteiger partial charge on any atom is -0.456 e. The van der Waals surface area contributed by atoms with E-state index in [1.807, 2.05) is 42.5 Å². The number of aromatic nitrogens is 2. The third-order valence-electron chi connectivity index (χ3n) is 3.55. The monoisotopic (exact) mass is 291 g/mol. The number of nitrogens with one attached hydrogen (secondary N) is 1. The smallest absolute Gasteiger partial charge is 0.244 e. The van der Waals surface area contributed by atoms with Crippen LogP contribution < -0.4 is 5.32 Å². The first kappa shape index (κ1) is 12.6. The van der Waals surface area contributed by atoms with Crippen LogP contribution in [0, 0.1) is 0 Å². The predicted molar refractivity (Wildman–Crippen MR) is 84.6 cm³/mol. The minimum atomic E-state index is -0.0925. The molecule has 1 amide bonds. The van der Waals surface area contributed by atoms with Crippen molar-refractivity contribution in [1.82, 2.24) is 9.55 Å². The van der Waals surface area contributed by atoms with E-state index >= 15 is 0 Å². The fourth-order valence-electron chi connectivity index (χ4n) is 2.55. The summed E-state index contributed by atoms with van der Waals surface area (Å²) in [7, 11) is 0. The fourth-order valence-corrected chi connectivity index (χ4v) is 2.55. The van der Waals surface area contributed by atoms with Crippen LogP contribution in [-0.4, -0.2) is 15.5 Å². The molecule has 0 fully saturated rings. The summed E-state index contributed by atoms with van der Waals surface area (Å²) in [4.78, 5) is 16.0. The lowest BCUT2D eigenvalue weighted by molar-refractivity contribution is -0.116. The minimum absolute atomic E-state index is 0.0925. The number of nitrogens with zero attached hydrogens (tertiary/aromatic N) is 2. The molecule has 0 saturated carbocycles. The van der Waals surface area contributed by atoms with E-state index in [0.29, 0.717) is 0 Å². The second kappa shape index (κ2) is 5.04. The van der Waals surface area contributed by atoms with Gasteiger partial charge in [0.05, 0.1) is 6.33 Å². The molecule has 0 aliphatic rings. The van der Waals surface area contributed by atoms with E-state index in [1.165, 1.54) is 0 Å². The van der Waals surface area contributed by atoms with E-state index in [-0.39, 0.29) is 12.5 Å². The maximum Gasteiger partial charge on any atom is 0.244 e. The number of para-hydroxylation sites is 1. The van der Waals surface area contributed by atoms with Crippen LogP contribution in [0.25, 0.3) is 21.9 Å². The summed E-state index contributed by atoms with van der Waals surface area (Å²) in [5, 5.41) is 4.94. The Balaban J connectivity index is 1.64. The molecular weight excluding hydrogens is 278 g/mol. The predicted octanol–water partition coefficient (Wildman–Crippen LogP) is 3.42. The van der Waals surface area contributed by atoms with E-state index in [1.54, 1.807) is 23.3 Å². The highest BCUT2D eigenvalue weighted by atomic mass is 16.3. The Bertz CT molecular complexity index is 955.